The second-order valence-electron chi connectivity index (χ2n) is 4.78. The van der Waals surface area contributed by atoms with Crippen LogP contribution in [0.4, 0.5) is 10.7 Å². The minimum atomic E-state index is -0.295. The monoisotopic (exact) mass is 273 g/mol. The molecule has 0 spiro atoms. The molecule has 1 unspecified atom stereocenters. The Kier molecular flexibility index (Phi) is 4.02. The summed E-state index contributed by atoms with van der Waals surface area (Å²) >= 11 is 0. The Hall–Kier alpha value is -2.37. The number of nitrogens with one attached hydrogen (secondary N) is 2. The number of amides is 2. The second-order valence-corrected chi connectivity index (χ2v) is 4.78. The van der Waals surface area contributed by atoms with Gasteiger partial charge in [-0.05, 0) is 31.9 Å². The van der Waals surface area contributed by atoms with Crippen molar-refractivity contribution in [1.82, 2.24) is 20.1 Å². The highest BCUT2D eigenvalue weighted by molar-refractivity contribution is 5.87. The number of nitrogens with zero attached hydrogens (tertiary/aromatic N) is 3. The molecule has 2 aromatic rings. The highest BCUT2D eigenvalue weighted by Crippen LogP contribution is 2.16. The van der Waals surface area contributed by atoms with Crippen molar-refractivity contribution in [2.45, 2.75) is 26.8 Å². The predicted molar refractivity (Wildman–Crippen MR) is 77.5 cm³/mol. The molecule has 0 saturated heterocycles. The van der Waals surface area contributed by atoms with E-state index in [4.69, 9.17) is 0 Å². The van der Waals surface area contributed by atoms with Crippen molar-refractivity contribution in [3.63, 3.8) is 0 Å². The lowest BCUT2D eigenvalue weighted by atomic mass is 10.0. The number of carbonyl (C=O) groups excluding carboxylic acids is 1. The Balaban J connectivity index is 2.01. The second kappa shape index (κ2) is 5.73. The van der Waals surface area contributed by atoms with Gasteiger partial charge >= 0.3 is 6.03 Å². The highest BCUT2D eigenvalue weighted by Gasteiger charge is 2.13. The molecule has 1 heterocycles. The molecule has 1 aromatic heterocycles. The molecule has 0 fully saturated rings. The Morgan fingerprint density at radius 2 is 2.00 bits per heavy atom. The first-order valence-electron chi connectivity index (χ1n) is 6.48. The van der Waals surface area contributed by atoms with Gasteiger partial charge in [0.1, 0.15) is 5.82 Å². The van der Waals surface area contributed by atoms with Crippen molar-refractivity contribution in [2.75, 3.05) is 5.32 Å². The summed E-state index contributed by atoms with van der Waals surface area (Å²) in [6, 6.07) is 7.60. The van der Waals surface area contributed by atoms with Gasteiger partial charge in [-0.2, -0.15) is 10.1 Å². The average molecular weight is 273 g/mol. The molecule has 1 atom stereocenters. The minimum Gasteiger partial charge on any atom is -0.331 e. The maximum atomic E-state index is 12.0. The summed E-state index contributed by atoms with van der Waals surface area (Å²) in [7, 11) is 1.74. The van der Waals surface area contributed by atoms with E-state index in [1.165, 1.54) is 4.68 Å². The highest BCUT2D eigenvalue weighted by atomic mass is 16.2. The maximum Gasteiger partial charge on any atom is 0.322 e. The fourth-order valence-corrected chi connectivity index (χ4v) is 2.11. The molecule has 0 bridgehead atoms. The Morgan fingerprint density at radius 3 is 2.60 bits per heavy atom. The third kappa shape index (κ3) is 3.14. The van der Waals surface area contributed by atoms with E-state index in [-0.39, 0.29) is 12.1 Å². The first kappa shape index (κ1) is 14.0. The molecule has 6 nitrogen and oxygen atoms in total. The number of hydrogen-bond donors (Lipinski definition) is 2. The average Bonchev–Trinajstić information content (AvgIpc) is 2.68. The zero-order chi connectivity index (χ0) is 14.7. The summed E-state index contributed by atoms with van der Waals surface area (Å²) in [4.78, 5) is 16.1. The van der Waals surface area contributed by atoms with Crippen LogP contribution < -0.4 is 10.6 Å². The fraction of sp³-hybridized carbons (Fsp3) is 0.357. The predicted octanol–water partition coefficient (Wildman–Crippen LogP) is 2.31. The molecule has 0 aliphatic heterocycles. The Morgan fingerprint density at radius 1 is 1.30 bits per heavy atom. The summed E-state index contributed by atoms with van der Waals surface area (Å²) in [5, 5.41) is 9.66. The number of benzene rings is 1. The number of rotatable bonds is 3. The van der Waals surface area contributed by atoms with Gasteiger partial charge in [-0.3, -0.25) is 5.32 Å². The van der Waals surface area contributed by atoms with E-state index in [0.29, 0.717) is 11.8 Å². The summed E-state index contributed by atoms with van der Waals surface area (Å²) in [6.45, 7) is 5.75. The van der Waals surface area contributed by atoms with Crippen molar-refractivity contribution < 1.29 is 4.79 Å². The first-order valence-corrected chi connectivity index (χ1v) is 6.48. The summed E-state index contributed by atoms with van der Waals surface area (Å²) in [5.74, 6) is 1.05. The van der Waals surface area contributed by atoms with Crippen LogP contribution in [0.15, 0.2) is 24.3 Å². The van der Waals surface area contributed by atoms with Crippen molar-refractivity contribution >= 4 is 12.0 Å². The van der Waals surface area contributed by atoms with E-state index in [9.17, 15) is 4.79 Å². The van der Waals surface area contributed by atoms with E-state index in [0.717, 1.165) is 11.1 Å². The molecule has 6 heteroatoms. The Bertz CT molecular complexity index is 620. The molecular weight excluding hydrogens is 254 g/mol. The van der Waals surface area contributed by atoms with Crippen LogP contribution in [0.3, 0.4) is 0 Å². The molecule has 0 aliphatic carbocycles. The van der Waals surface area contributed by atoms with Crippen molar-refractivity contribution in [3.8, 4) is 0 Å². The van der Waals surface area contributed by atoms with Gasteiger partial charge in [0.15, 0.2) is 0 Å². The molecule has 106 valence electrons. The van der Waals surface area contributed by atoms with Gasteiger partial charge in [-0.15, -0.1) is 0 Å². The van der Waals surface area contributed by atoms with E-state index in [1.807, 2.05) is 38.1 Å². The van der Waals surface area contributed by atoms with Crippen LogP contribution in [-0.2, 0) is 7.05 Å². The Labute approximate surface area is 118 Å². The molecule has 1 aromatic carbocycles. The fourth-order valence-electron chi connectivity index (χ4n) is 2.11. The van der Waals surface area contributed by atoms with Crippen LogP contribution in [0, 0.1) is 13.8 Å². The van der Waals surface area contributed by atoms with Gasteiger partial charge in [0.25, 0.3) is 0 Å². The minimum absolute atomic E-state index is 0.0782. The first-order chi connectivity index (χ1) is 9.47. The molecule has 2 amide bonds. The molecule has 2 N–H and O–H groups in total. The van der Waals surface area contributed by atoms with Crippen LogP contribution in [-0.4, -0.2) is 20.8 Å². The van der Waals surface area contributed by atoms with Crippen molar-refractivity contribution in [1.29, 1.82) is 0 Å². The number of anilines is 1. The standard InChI is InChI=1S/C14H19N5O/c1-9-7-5-6-8-12(9)10(2)15-14(20)17-13-16-11(3)18-19(13)4/h5-8,10H,1-4H3,(H2,15,16,17,18,20). The third-order valence-corrected chi connectivity index (χ3v) is 3.10. The molecule has 20 heavy (non-hydrogen) atoms. The maximum absolute atomic E-state index is 12.0. The van der Waals surface area contributed by atoms with Crippen LogP contribution in [0.5, 0.6) is 0 Å². The SMILES string of the molecule is Cc1nc(NC(=O)NC(C)c2ccccc2C)n(C)n1. The largest absolute Gasteiger partial charge is 0.331 e. The van der Waals surface area contributed by atoms with E-state index in [1.54, 1.807) is 14.0 Å². The molecule has 2 rings (SSSR count). The summed E-state index contributed by atoms with van der Waals surface area (Å²) in [5.41, 5.74) is 2.24. The molecule has 0 radical (unpaired) electrons. The van der Waals surface area contributed by atoms with E-state index < -0.39 is 0 Å². The number of aryl methyl sites for hydroxylation is 3. The zero-order valence-electron chi connectivity index (χ0n) is 12.1. The topological polar surface area (TPSA) is 71.8 Å². The summed E-state index contributed by atoms with van der Waals surface area (Å²) in [6.07, 6.45) is 0. The van der Waals surface area contributed by atoms with Gasteiger partial charge in [-0.1, -0.05) is 24.3 Å². The lowest BCUT2D eigenvalue weighted by Crippen LogP contribution is -2.32. The number of carbonyl (C=O) groups is 1. The quantitative estimate of drug-likeness (QED) is 0.901. The van der Waals surface area contributed by atoms with Gasteiger partial charge in [0.05, 0.1) is 6.04 Å². The van der Waals surface area contributed by atoms with E-state index in [2.05, 4.69) is 20.7 Å². The summed E-state index contributed by atoms with van der Waals surface area (Å²) < 4.78 is 1.54. The van der Waals surface area contributed by atoms with Crippen LogP contribution in [0.1, 0.15) is 29.9 Å². The van der Waals surface area contributed by atoms with Crippen molar-refractivity contribution in [3.05, 3.63) is 41.2 Å². The molecule has 0 saturated carbocycles. The van der Waals surface area contributed by atoms with Gasteiger partial charge in [-0.25, -0.2) is 9.48 Å². The van der Waals surface area contributed by atoms with Crippen LogP contribution in [0.2, 0.25) is 0 Å². The smallest absolute Gasteiger partial charge is 0.322 e. The number of hydrogen-bond acceptors (Lipinski definition) is 3. The van der Waals surface area contributed by atoms with Crippen LogP contribution in [0.25, 0.3) is 0 Å². The molecular formula is C14H19N5O. The van der Waals surface area contributed by atoms with Gasteiger partial charge < -0.3 is 5.32 Å². The van der Waals surface area contributed by atoms with E-state index >= 15 is 0 Å². The van der Waals surface area contributed by atoms with Crippen LogP contribution >= 0.6 is 0 Å². The third-order valence-electron chi connectivity index (χ3n) is 3.10. The van der Waals surface area contributed by atoms with Crippen molar-refractivity contribution in [2.24, 2.45) is 7.05 Å². The lowest BCUT2D eigenvalue weighted by molar-refractivity contribution is 0.249. The zero-order valence-corrected chi connectivity index (χ0v) is 12.1. The van der Waals surface area contributed by atoms with Gasteiger partial charge in [0, 0.05) is 7.05 Å². The normalized spacial score (nSPS) is 12.0. The number of aromatic nitrogens is 3. The molecule has 0 aliphatic rings. The van der Waals surface area contributed by atoms with Gasteiger partial charge in [0.2, 0.25) is 5.95 Å². The number of urea groups is 1. The lowest BCUT2D eigenvalue weighted by Gasteiger charge is -2.16.